The third kappa shape index (κ3) is 6.29. The molecule has 0 spiro atoms. The summed E-state index contributed by atoms with van der Waals surface area (Å²) in [7, 11) is 0. The number of carboxylic acid groups (broad SMARTS) is 1. The van der Waals surface area contributed by atoms with Gasteiger partial charge in [0.15, 0.2) is 0 Å². The number of benzene rings is 1. The van der Waals surface area contributed by atoms with E-state index in [1.54, 1.807) is 12.1 Å². The minimum Gasteiger partial charge on any atom is -0.478 e. The molecule has 0 radical (unpaired) electrons. The number of carbonyl (C=O) groups is 1. The van der Waals surface area contributed by atoms with Crippen molar-refractivity contribution in [2.75, 3.05) is 19.8 Å². The van der Waals surface area contributed by atoms with Crippen molar-refractivity contribution < 1.29 is 14.6 Å². The molecular weight excluding hydrogens is 292 g/mol. The van der Waals surface area contributed by atoms with Crippen molar-refractivity contribution in [1.82, 2.24) is 10.2 Å². The first-order valence-corrected chi connectivity index (χ1v) is 8.25. The molecule has 1 aliphatic rings. The van der Waals surface area contributed by atoms with E-state index < -0.39 is 5.97 Å². The number of ether oxygens (including phenoxy) is 1. The van der Waals surface area contributed by atoms with Gasteiger partial charge >= 0.3 is 5.97 Å². The molecule has 2 rings (SSSR count). The van der Waals surface area contributed by atoms with Crippen LogP contribution in [0.4, 0.5) is 0 Å². The van der Waals surface area contributed by atoms with Crippen molar-refractivity contribution >= 4 is 5.97 Å². The Balaban J connectivity index is 1.71. The van der Waals surface area contributed by atoms with E-state index in [9.17, 15) is 4.79 Å². The molecule has 128 valence electrons. The maximum Gasteiger partial charge on any atom is 0.335 e. The predicted molar refractivity (Wildman–Crippen MR) is 90.5 cm³/mol. The molecule has 0 aliphatic carbocycles. The molecule has 0 amide bonds. The van der Waals surface area contributed by atoms with E-state index >= 15 is 0 Å². The first kappa shape index (κ1) is 17.9. The highest BCUT2D eigenvalue weighted by Crippen LogP contribution is 2.15. The van der Waals surface area contributed by atoms with Gasteiger partial charge in [-0.3, -0.25) is 10.2 Å². The molecule has 1 aliphatic heterocycles. The smallest absolute Gasteiger partial charge is 0.335 e. The zero-order valence-corrected chi connectivity index (χ0v) is 14.3. The third-order valence-electron chi connectivity index (χ3n) is 4.07. The second kappa shape index (κ2) is 7.90. The maximum atomic E-state index is 10.9. The largest absolute Gasteiger partial charge is 0.478 e. The number of carboxylic acids is 1. The summed E-state index contributed by atoms with van der Waals surface area (Å²) in [5, 5.41) is 12.4. The van der Waals surface area contributed by atoms with E-state index in [1.807, 2.05) is 12.1 Å². The van der Waals surface area contributed by atoms with E-state index in [2.05, 4.69) is 31.0 Å². The zero-order valence-electron chi connectivity index (χ0n) is 14.3. The molecule has 23 heavy (non-hydrogen) atoms. The monoisotopic (exact) mass is 320 g/mol. The number of nitrogens with zero attached hydrogens (tertiary/aromatic N) is 1. The number of aromatic carboxylic acids is 1. The van der Waals surface area contributed by atoms with E-state index in [4.69, 9.17) is 9.84 Å². The number of likely N-dealkylation sites (tertiary alicyclic amines) is 1. The number of hydrogen-bond donors (Lipinski definition) is 2. The predicted octanol–water partition coefficient (Wildman–Crippen LogP) is 2.71. The molecule has 5 heteroatoms. The number of rotatable bonds is 6. The number of piperidine rings is 1. The van der Waals surface area contributed by atoms with Crippen LogP contribution >= 0.6 is 0 Å². The van der Waals surface area contributed by atoms with Crippen LogP contribution in [0.2, 0.25) is 0 Å². The molecule has 2 N–H and O–H groups in total. The summed E-state index contributed by atoms with van der Waals surface area (Å²) in [5.41, 5.74) is 1.41. The fourth-order valence-corrected chi connectivity index (χ4v) is 2.68. The van der Waals surface area contributed by atoms with Crippen molar-refractivity contribution in [1.29, 1.82) is 0 Å². The molecule has 1 aromatic carbocycles. The van der Waals surface area contributed by atoms with Gasteiger partial charge in [-0.05, 0) is 64.4 Å². The first-order chi connectivity index (χ1) is 10.8. The molecule has 1 aromatic rings. The molecule has 0 unspecified atom stereocenters. The Bertz CT molecular complexity index is 500. The molecule has 0 bridgehead atoms. The van der Waals surface area contributed by atoms with E-state index in [0.29, 0.717) is 18.3 Å². The summed E-state index contributed by atoms with van der Waals surface area (Å²) in [5.74, 6) is -0.874. The standard InChI is InChI=1S/C18H28N2O3/c1-18(2,3)23-13-19-16-8-10-20(11-9-16)12-14-4-6-15(7-5-14)17(21)22/h4-7,16,19H,8-13H2,1-3H3,(H,21,22). The van der Waals surface area contributed by atoms with Crippen LogP contribution in [0.5, 0.6) is 0 Å². The van der Waals surface area contributed by atoms with Gasteiger partial charge < -0.3 is 9.84 Å². The number of hydrogen-bond acceptors (Lipinski definition) is 4. The van der Waals surface area contributed by atoms with Crippen LogP contribution in [0.3, 0.4) is 0 Å². The van der Waals surface area contributed by atoms with Gasteiger partial charge in [-0.2, -0.15) is 0 Å². The van der Waals surface area contributed by atoms with Crippen LogP contribution in [-0.2, 0) is 11.3 Å². The SMILES string of the molecule is CC(C)(C)OCNC1CCN(Cc2ccc(C(=O)O)cc2)CC1. The quantitative estimate of drug-likeness (QED) is 0.789. The van der Waals surface area contributed by atoms with Crippen molar-refractivity contribution in [3.05, 3.63) is 35.4 Å². The van der Waals surface area contributed by atoms with Crippen LogP contribution < -0.4 is 5.32 Å². The Morgan fingerprint density at radius 1 is 1.26 bits per heavy atom. The lowest BCUT2D eigenvalue weighted by Crippen LogP contribution is -2.43. The molecular formula is C18H28N2O3. The molecule has 1 saturated heterocycles. The van der Waals surface area contributed by atoms with Crippen LogP contribution in [-0.4, -0.2) is 47.4 Å². The van der Waals surface area contributed by atoms with Crippen LogP contribution in [0, 0.1) is 0 Å². The first-order valence-electron chi connectivity index (χ1n) is 8.25. The average Bonchev–Trinajstić information content (AvgIpc) is 2.48. The van der Waals surface area contributed by atoms with Crippen LogP contribution in [0.25, 0.3) is 0 Å². The summed E-state index contributed by atoms with van der Waals surface area (Å²) in [6, 6.07) is 7.68. The summed E-state index contributed by atoms with van der Waals surface area (Å²) in [4.78, 5) is 13.3. The van der Waals surface area contributed by atoms with E-state index in [0.717, 1.165) is 38.0 Å². The van der Waals surface area contributed by atoms with Gasteiger partial charge in [-0.15, -0.1) is 0 Å². The molecule has 0 saturated carbocycles. The van der Waals surface area contributed by atoms with Gasteiger partial charge in [0, 0.05) is 12.6 Å². The minimum atomic E-state index is -0.874. The summed E-state index contributed by atoms with van der Waals surface area (Å²) >= 11 is 0. The topological polar surface area (TPSA) is 61.8 Å². The van der Waals surface area contributed by atoms with Crippen LogP contribution in [0.15, 0.2) is 24.3 Å². The highest BCUT2D eigenvalue weighted by atomic mass is 16.5. The van der Waals surface area contributed by atoms with Crippen molar-refractivity contribution in [3.8, 4) is 0 Å². The molecule has 0 aromatic heterocycles. The van der Waals surface area contributed by atoms with Gasteiger partial charge in [-0.1, -0.05) is 12.1 Å². The van der Waals surface area contributed by atoms with Crippen molar-refractivity contribution in [2.45, 2.75) is 51.8 Å². The lowest BCUT2D eigenvalue weighted by atomic mass is 10.0. The summed E-state index contributed by atoms with van der Waals surface area (Å²) in [6.45, 7) is 9.77. The highest BCUT2D eigenvalue weighted by molar-refractivity contribution is 5.87. The molecule has 1 heterocycles. The minimum absolute atomic E-state index is 0.101. The van der Waals surface area contributed by atoms with Crippen LogP contribution in [0.1, 0.15) is 49.5 Å². The maximum absolute atomic E-state index is 10.9. The Morgan fingerprint density at radius 3 is 2.39 bits per heavy atom. The summed E-state index contributed by atoms with van der Waals surface area (Å²) in [6.07, 6.45) is 2.22. The third-order valence-corrected chi connectivity index (χ3v) is 4.07. The second-order valence-electron chi connectivity index (χ2n) is 7.16. The van der Waals surface area contributed by atoms with Gasteiger partial charge in [0.05, 0.1) is 17.9 Å². The van der Waals surface area contributed by atoms with E-state index in [1.165, 1.54) is 0 Å². The Hall–Kier alpha value is -1.43. The van der Waals surface area contributed by atoms with E-state index in [-0.39, 0.29) is 5.60 Å². The molecule has 0 atom stereocenters. The fraction of sp³-hybridized carbons (Fsp3) is 0.611. The Morgan fingerprint density at radius 2 is 1.87 bits per heavy atom. The Kier molecular flexibility index (Phi) is 6.16. The summed E-state index contributed by atoms with van der Waals surface area (Å²) < 4.78 is 5.71. The van der Waals surface area contributed by atoms with Gasteiger partial charge in [0.25, 0.3) is 0 Å². The Labute approximate surface area is 138 Å². The lowest BCUT2D eigenvalue weighted by molar-refractivity contribution is -0.0201. The van der Waals surface area contributed by atoms with Crippen molar-refractivity contribution in [3.63, 3.8) is 0 Å². The normalized spacial score (nSPS) is 17.3. The number of nitrogens with one attached hydrogen (secondary N) is 1. The molecule has 5 nitrogen and oxygen atoms in total. The fourth-order valence-electron chi connectivity index (χ4n) is 2.68. The molecule has 1 fully saturated rings. The van der Waals surface area contributed by atoms with Gasteiger partial charge in [-0.25, -0.2) is 4.79 Å². The van der Waals surface area contributed by atoms with Gasteiger partial charge in [0.1, 0.15) is 0 Å². The zero-order chi connectivity index (χ0) is 16.9. The van der Waals surface area contributed by atoms with Gasteiger partial charge in [0.2, 0.25) is 0 Å². The average molecular weight is 320 g/mol. The van der Waals surface area contributed by atoms with Crippen molar-refractivity contribution in [2.24, 2.45) is 0 Å². The second-order valence-corrected chi connectivity index (χ2v) is 7.16. The highest BCUT2D eigenvalue weighted by Gasteiger charge is 2.19. The lowest BCUT2D eigenvalue weighted by Gasteiger charge is -2.33.